The SMILES string of the molecule is COc1ccc(CN(C)C(=O)CSc2cc(C)c3ccccc3n2)cc1OC. The van der Waals surface area contributed by atoms with Crippen LogP contribution >= 0.6 is 11.8 Å². The van der Waals surface area contributed by atoms with Crippen molar-refractivity contribution in [2.24, 2.45) is 0 Å². The van der Waals surface area contributed by atoms with Gasteiger partial charge in [0.1, 0.15) is 0 Å². The van der Waals surface area contributed by atoms with Gasteiger partial charge in [-0.3, -0.25) is 4.79 Å². The molecule has 0 saturated carbocycles. The number of hydrogen-bond donors (Lipinski definition) is 0. The molecule has 5 nitrogen and oxygen atoms in total. The number of para-hydroxylation sites is 1. The molecule has 1 heterocycles. The number of rotatable bonds is 7. The Kier molecular flexibility index (Phi) is 6.41. The zero-order valence-electron chi connectivity index (χ0n) is 16.6. The van der Waals surface area contributed by atoms with Crippen molar-refractivity contribution in [2.75, 3.05) is 27.0 Å². The molecule has 3 rings (SSSR count). The summed E-state index contributed by atoms with van der Waals surface area (Å²) in [7, 11) is 5.01. The van der Waals surface area contributed by atoms with E-state index < -0.39 is 0 Å². The standard InChI is InChI=1S/C22H24N2O3S/c1-15-11-21(23-18-8-6-5-7-17(15)18)28-14-22(25)24(2)13-16-9-10-19(26-3)20(12-16)27-4/h5-12H,13-14H2,1-4H3. The van der Waals surface area contributed by atoms with Crippen LogP contribution in [-0.4, -0.2) is 42.8 Å². The number of pyridine rings is 1. The Morgan fingerprint density at radius 1 is 1.07 bits per heavy atom. The first-order valence-electron chi connectivity index (χ1n) is 8.96. The largest absolute Gasteiger partial charge is 0.493 e. The highest BCUT2D eigenvalue weighted by molar-refractivity contribution is 7.99. The van der Waals surface area contributed by atoms with E-state index in [1.807, 2.05) is 42.5 Å². The second-order valence-corrected chi connectivity index (χ2v) is 7.52. The van der Waals surface area contributed by atoms with E-state index in [9.17, 15) is 4.79 Å². The van der Waals surface area contributed by atoms with Crippen molar-refractivity contribution in [1.82, 2.24) is 9.88 Å². The van der Waals surface area contributed by atoms with Crippen LogP contribution in [-0.2, 0) is 11.3 Å². The first kappa shape index (κ1) is 20.0. The number of aryl methyl sites for hydroxylation is 1. The number of carbonyl (C=O) groups excluding carboxylic acids is 1. The van der Waals surface area contributed by atoms with E-state index in [2.05, 4.69) is 18.0 Å². The first-order chi connectivity index (χ1) is 13.5. The molecule has 0 fully saturated rings. The van der Waals surface area contributed by atoms with Gasteiger partial charge in [0.2, 0.25) is 5.91 Å². The maximum absolute atomic E-state index is 12.6. The highest BCUT2D eigenvalue weighted by Gasteiger charge is 2.13. The van der Waals surface area contributed by atoms with Crippen molar-refractivity contribution in [3.05, 3.63) is 59.7 Å². The maximum Gasteiger partial charge on any atom is 0.233 e. The predicted octanol–water partition coefficient (Wildman–Crippen LogP) is 4.31. The van der Waals surface area contributed by atoms with E-state index in [0.717, 1.165) is 21.5 Å². The third-order valence-corrected chi connectivity index (χ3v) is 5.43. The van der Waals surface area contributed by atoms with E-state index in [1.54, 1.807) is 26.2 Å². The molecule has 3 aromatic rings. The van der Waals surface area contributed by atoms with Crippen LogP contribution in [0.4, 0.5) is 0 Å². The number of fused-ring (bicyclic) bond motifs is 1. The van der Waals surface area contributed by atoms with E-state index in [4.69, 9.17) is 9.47 Å². The highest BCUT2D eigenvalue weighted by Crippen LogP contribution is 2.28. The zero-order valence-corrected chi connectivity index (χ0v) is 17.4. The lowest BCUT2D eigenvalue weighted by Gasteiger charge is -2.18. The van der Waals surface area contributed by atoms with Crippen molar-refractivity contribution in [2.45, 2.75) is 18.5 Å². The topological polar surface area (TPSA) is 51.7 Å². The molecule has 0 aliphatic heterocycles. The summed E-state index contributed by atoms with van der Waals surface area (Å²) in [5.41, 5.74) is 3.11. The van der Waals surface area contributed by atoms with Gasteiger partial charge in [-0.05, 0) is 42.3 Å². The number of benzene rings is 2. The summed E-state index contributed by atoms with van der Waals surface area (Å²) >= 11 is 1.46. The molecular formula is C22H24N2O3S. The van der Waals surface area contributed by atoms with E-state index in [1.165, 1.54) is 17.3 Å². The molecule has 0 saturated heterocycles. The van der Waals surface area contributed by atoms with Gasteiger partial charge in [0.25, 0.3) is 0 Å². The fourth-order valence-corrected chi connectivity index (χ4v) is 3.89. The lowest BCUT2D eigenvalue weighted by atomic mass is 10.1. The van der Waals surface area contributed by atoms with Crippen LogP contribution < -0.4 is 9.47 Å². The molecule has 0 N–H and O–H groups in total. The average molecular weight is 397 g/mol. The van der Waals surface area contributed by atoms with Crippen molar-refractivity contribution in [3.8, 4) is 11.5 Å². The second kappa shape index (κ2) is 8.97. The van der Waals surface area contributed by atoms with Crippen LogP contribution in [0.25, 0.3) is 10.9 Å². The monoisotopic (exact) mass is 396 g/mol. The number of amides is 1. The summed E-state index contributed by atoms with van der Waals surface area (Å²) in [5.74, 6) is 1.72. The molecular weight excluding hydrogens is 372 g/mol. The van der Waals surface area contributed by atoms with Gasteiger partial charge in [0.05, 0.1) is 30.5 Å². The Morgan fingerprint density at radius 3 is 2.57 bits per heavy atom. The fourth-order valence-electron chi connectivity index (χ4n) is 2.98. The number of ether oxygens (including phenoxy) is 2. The minimum absolute atomic E-state index is 0.0485. The molecule has 0 atom stereocenters. The lowest BCUT2D eigenvalue weighted by Crippen LogP contribution is -2.27. The number of carbonyl (C=O) groups is 1. The smallest absolute Gasteiger partial charge is 0.233 e. The third kappa shape index (κ3) is 4.57. The van der Waals surface area contributed by atoms with Gasteiger partial charge in [0.15, 0.2) is 11.5 Å². The zero-order chi connectivity index (χ0) is 20.1. The van der Waals surface area contributed by atoms with Crippen LogP contribution in [0, 0.1) is 6.92 Å². The summed E-state index contributed by atoms with van der Waals surface area (Å²) in [5, 5.41) is 2.01. The van der Waals surface area contributed by atoms with Crippen LogP contribution in [0.2, 0.25) is 0 Å². The van der Waals surface area contributed by atoms with Crippen LogP contribution in [0.5, 0.6) is 11.5 Å². The summed E-state index contributed by atoms with van der Waals surface area (Å²) in [4.78, 5) is 18.9. The van der Waals surface area contributed by atoms with Crippen LogP contribution in [0.3, 0.4) is 0 Å². The molecule has 1 amide bonds. The molecule has 0 radical (unpaired) electrons. The number of nitrogens with zero attached hydrogens (tertiary/aromatic N) is 2. The van der Waals surface area contributed by atoms with Gasteiger partial charge < -0.3 is 14.4 Å². The maximum atomic E-state index is 12.6. The normalized spacial score (nSPS) is 10.7. The second-order valence-electron chi connectivity index (χ2n) is 6.52. The Morgan fingerprint density at radius 2 is 1.82 bits per heavy atom. The minimum atomic E-state index is 0.0485. The Hall–Kier alpha value is -2.73. The summed E-state index contributed by atoms with van der Waals surface area (Å²) < 4.78 is 10.6. The van der Waals surface area contributed by atoms with Gasteiger partial charge in [0, 0.05) is 19.0 Å². The Labute approximate surface area is 169 Å². The summed E-state index contributed by atoms with van der Waals surface area (Å²) in [6.45, 7) is 2.57. The highest BCUT2D eigenvalue weighted by atomic mass is 32.2. The number of hydrogen-bond acceptors (Lipinski definition) is 5. The molecule has 0 unspecified atom stereocenters. The molecule has 0 aliphatic carbocycles. The molecule has 2 aromatic carbocycles. The first-order valence-corrected chi connectivity index (χ1v) is 9.94. The van der Waals surface area contributed by atoms with Gasteiger partial charge in [-0.15, -0.1) is 0 Å². The van der Waals surface area contributed by atoms with E-state index in [-0.39, 0.29) is 5.91 Å². The van der Waals surface area contributed by atoms with Crippen LogP contribution in [0.1, 0.15) is 11.1 Å². The van der Waals surface area contributed by atoms with Gasteiger partial charge in [-0.2, -0.15) is 0 Å². The molecule has 28 heavy (non-hydrogen) atoms. The molecule has 0 bridgehead atoms. The van der Waals surface area contributed by atoms with Gasteiger partial charge in [-0.25, -0.2) is 4.98 Å². The molecule has 146 valence electrons. The van der Waals surface area contributed by atoms with E-state index in [0.29, 0.717) is 23.8 Å². The molecule has 1 aromatic heterocycles. The van der Waals surface area contributed by atoms with Crippen molar-refractivity contribution < 1.29 is 14.3 Å². The quantitative estimate of drug-likeness (QED) is 0.557. The summed E-state index contributed by atoms with van der Waals surface area (Å²) in [6.07, 6.45) is 0. The molecule has 0 aliphatic rings. The minimum Gasteiger partial charge on any atom is -0.493 e. The lowest BCUT2D eigenvalue weighted by molar-refractivity contribution is -0.127. The molecule has 0 spiro atoms. The Bertz CT molecular complexity index is 991. The van der Waals surface area contributed by atoms with E-state index >= 15 is 0 Å². The fraction of sp³-hybridized carbons (Fsp3) is 0.273. The Balaban J connectivity index is 1.63. The third-order valence-electron chi connectivity index (χ3n) is 4.54. The van der Waals surface area contributed by atoms with Crippen molar-refractivity contribution in [3.63, 3.8) is 0 Å². The van der Waals surface area contributed by atoms with Crippen molar-refractivity contribution in [1.29, 1.82) is 0 Å². The summed E-state index contributed by atoms with van der Waals surface area (Å²) in [6, 6.07) is 15.8. The average Bonchev–Trinajstić information content (AvgIpc) is 2.71. The number of methoxy groups -OCH3 is 2. The molecule has 6 heteroatoms. The predicted molar refractivity (Wildman–Crippen MR) is 113 cm³/mol. The van der Waals surface area contributed by atoms with Gasteiger partial charge in [-0.1, -0.05) is 36.0 Å². The number of thioether (sulfide) groups is 1. The van der Waals surface area contributed by atoms with Crippen LogP contribution in [0.15, 0.2) is 53.6 Å². The van der Waals surface area contributed by atoms with Crippen molar-refractivity contribution >= 4 is 28.6 Å². The van der Waals surface area contributed by atoms with Gasteiger partial charge >= 0.3 is 0 Å². The number of aromatic nitrogens is 1.